The molecule has 2 aliphatic rings. The number of para-hydroxylation sites is 2. The maximum atomic E-state index is 12.2. The summed E-state index contributed by atoms with van der Waals surface area (Å²) in [6.45, 7) is 0. The molecule has 0 atom stereocenters. The number of amides is 1. The first-order chi connectivity index (χ1) is 7.74. The lowest BCUT2D eigenvalue weighted by molar-refractivity contribution is -0.121. The zero-order valence-corrected chi connectivity index (χ0v) is 9.49. The Morgan fingerprint density at radius 3 is 2.69 bits per heavy atom. The van der Waals surface area contributed by atoms with E-state index >= 15 is 0 Å². The number of benzene rings is 1. The number of rotatable bonds is 0. The number of likely N-dealkylation sites (N-methyl/N-ethyl adjacent to an activating group) is 1. The van der Waals surface area contributed by atoms with Crippen LogP contribution in [0.2, 0.25) is 0 Å². The Morgan fingerprint density at radius 2 is 1.94 bits per heavy atom. The summed E-state index contributed by atoms with van der Waals surface area (Å²) in [4.78, 5) is 14.4. The summed E-state index contributed by atoms with van der Waals surface area (Å²) in [6, 6.07) is 8.02. The Morgan fingerprint density at radius 1 is 1.25 bits per heavy atom. The standard InChI is InChI=1S/C13H16N2O/c1-15-11-7-3-2-6-10(11)14-12(16)13(15)8-4-5-9-13/h2-3,6-7H,4-5,8-9H2,1H3,(H,14,16). The van der Waals surface area contributed by atoms with Crippen molar-refractivity contribution in [3.63, 3.8) is 0 Å². The molecule has 3 rings (SSSR count). The Hall–Kier alpha value is -1.51. The molecule has 1 spiro atoms. The first kappa shape index (κ1) is 9.70. The van der Waals surface area contributed by atoms with E-state index in [1.54, 1.807) is 0 Å². The molecule has 1 aliphatic heterocycles. The van der Waals surface area contributed by atoms with Crippen LogP contribution in [0.3, 0.4) is 0 Å². The summed E-state index contributed by atoms with van der Waals surface area (Å²) < 4.78 is 0. The highest BCUT2D eigenvalue weighted by molar-refractivity contribution is 6.06. The quantitative estimate of drug-likeness (QED) is 0.722. The molecule has 1 aromatic rings. The van der Waals surface area contributed by atoms with Crippen molar-refractivity contribution in [3.8, 4) is 0 Å². The van der Waals surface area contributed by atoms with Crippen LogP contribution in [0.5, 0.6) is 0 Å². The Labute approximate surface area is 95.4 Å². The number of hydrogen-bond acceptors (Lipinski definition) is 2. The number of carbonyl (C=O) groups is 1. The van der Waals surface area contributed by atoms with E-state index in [-0.39, 0.29) is 11.4 Å². The van der Waals surface area contributed by atoms with Crippen molar-refractivity contribution in [2.45, 2.75) is 31.2 Å². The number of nitrogens with one attached hydrogen (secondary N) is 1. The minimum atomic E-state index is -0.283. The van der Waals surface area contributed by atoms with Crippen LogP contribution in [0.15, 0.2) is 24.3 Å². The normalized spacial score (nSPS) is 22.1. The number of fused-ring (bicyclic) bond motifs is 1. The molecule has 1 fully saturated rings. The molecular formula is C13H16N2O. The fraction of sp³-hybridized carbons (Fsp3) is 0.462. The molecular weight excluding hydrogens is 200 g/mol. The number of anilines is 2. The van der Waals surface area contributed by atoms with E-state index in [2.05, 4.69) is 16.3 Å². The summed E-state index contributed by atoms with van der Waals surface area (Å²) in [5.74, 6) is 0.172. The Bertz CT molecular complexity index is 435. The third-order valence-corrected chi connectivity index (χ3v) is 4.01. The maximum Gasteiger partial charge on any atom is 0.250 e. The van der Waals surface area contributed by atoms with Gasteiger partial charge in [-0.15, -0.1) is 0 Å². The van der Waals surface area contributed by atoms with Crippen molar-refractivity contribution < 1.29 is 4.79 Å². The van der Waals surface area contributed by atoms with E-state index in [0.717, 1.165) is 37.1 Å². The predicted molar refractivity (Wildman–Crippen MR) is 64.7 cm³/mol. The van der Waals surface area contributed by atoms with Gasteiger partial charge in [-0.25, -0.2) is 0 Å². The van der Waals surface area contributed by atoms with Gasteiger partial charge in [0.2, 0.25) is 5.91 Å². The average Bonchev–Trinajstić information content (AvgIpc) is 2.77. The smallest absolute Gasteiger partial charge is 0.250 e. The fourth-order valence-corrected chi connectivity index (χ4v) is 3.02. The molecule has 0 saturated heterocycles. The molecule has 3 nitrogen and oxygen atoms in total. The average molecular weight is 216 g/mol. The van der Waals surface area contributed by atoms with Gasteiger partial charge in [-0.05, 0) is 25.0 Å². The van der Waals surface area contributed by atoms with Crippen molar-refractivity contribution >= 4 is 17.3 Å². The van der Waals surface area contributed by atoms with E-state index in [1.165, 1.54) is 0 Å². The highest BCUT2D eigenvalue weighted by Crippen LogP contribution is 2.43. The molecule has 1 amide bonds. The van der Waals surface area contributed by atoms with Gasteiger partial charge in [0.15, 0.2) is 0 Å². The number of nitrogens with zero attached hydrogens (tertiary/aromatic N) is 1. The van der Waals surface area contributed by atoms with E-state index in [0.29, 0.717) is 0 Å². The van der Waals surface area contributed by atoms with Gasteiger partial charge in [-0.1, -0.05) is 25.0 Å². The van der Waals surface area contributed by atoms with Crippen LogP contribution in [-0.2, 0) is 4.79 Å². The maximum absolute atomic E-state index is 12.2. The largest absolute Gasteiger partial charge is 0.359 e. The first-order valence-electron chi connectivity index (χ1n) is 5.88. The molecule has 0 aromatic heterocycles. The van der Waals surface area contributed by atoms with Crippen LogP contribution in [0.25, 0.3) is 0 Å². The van der Waals surface area contributed by atoms with Gasteiger partial charge in [0, 0.05) is 7.05 Å². The van der Waals surface area contributed by atoms with Gasteiger partial charge in [0.25, 0.3) is 0 Å². The number of hydrogen-bond donors (Lipinski definition) is 1. The lowest BCUT2D eigenvalue weighted by Gasteiger charge is -2.43. The second kappa shape index (κ2) is 3.24. The number of carbonyl (C=O) groups excluding carboxylic acids is 1. The highest BCUT2D eigenvalue weighted by Gasteiger charge is 2.47. The van der Waals surface area contributed by atoms with Crippen molar-refractivity contribution in [3.05, 3.63) is 24.3 Å². The van der Waals surface area contributed by atoms with Crippen LogP contribution in [-0.4, -0.2) is 18.5 Å². The summed E-state index contributed by atoms with van der Waals surface area (Å²) >= 11 is 0. The summed E-state index contributed by atoms with van der Waals surface area (Å²) in [6.07, 6.45) is 4.26. The molecule has 16 heavy (non-hydrogen) atoms. The minimum absolute atomic E-state index is 0.172. The van der Waals surface area contributed by atoms with Crippen molar-refractivity contribution in [2.24, 2.45) is 0 Å². The van der Waals surface area contributed by atoms with Crippen molar-refractivity contribution in [1.29, 1.82) is 0 Å². The van der Waals surface area contributed by atoms with Gasteiger partial charge in [-0.2, -0.15) is 0 Å². The highest BCUT2D eigenvalue weighted by atomic mass is 16.2. The second-order valence-electron chi connectivity index (χ2n) is 4.77. The van der Waals surface area contributed by atoms with E-state index in [1.807, 2.05) is 25.2 Å². The lowest BCUT2D eigenvalue weighted by Crippen LogP contribution is -2.56. The monoisotopic (exact) mass is 216 g/mol. The molecule has 0 unspecified atom stereocenters. The molecule has 84 valence electrons. The molecule has 1 aromatic carbocycles. The zero-order valence-electron chi connectivity index (χ0n) is 9.49. The first-order valence-corrected chi connectivity index (χ1v) is 5.88. The van der Waals surface area contributed by atoms with Gasteiger partial charge in [0.05, 0.1) is 11.4 Å². The van der Waals surface area contributed by atoms with Crippen LogP contribution >= 0.6 is 0 Å². The third-order valence-electron chi connectivity index (χ3n) is 4.01. The zero-order chi connectivity index (χ0) is 11.2. The second-order valence-corrected chi connectivity index (χ2v) is 4.77. The Balaban J connectivity index is 2.10. The molecule has 0 bridgehead atoms. The van der Waals surface area contributed by atoms with E-state index < -0.39 is 0 Å². The molecule has 0 radical (unpaired) electrons. The lowest BCUT2D eigenvalue weighted by atomic mass is 9.91. The van der Waals surface area contributed by atoms with Gasteiger partial charge < -0.3 is 10.2 Å². The predicted octanol–water partition coefficient (Wildman–Crippen LogP) is 2.39. The van der Waals surface area contributed by atoms with Crippen LogP contribution in [0.4, 0.5) is 11.4 Å². The summed E-state index contributed by atoms with van der Waals surface area (Å²) in [7, 11) is 2.04. The topological polar surface area (TPSA) is 32.3 Å². The third kappa shape index (κ3) is 1.11. The van der Waals surface area contributed by atoms with Gasteiger partial charge in [0.1, 0.15) is 5.54 Å². The van der Waals surface area contributed by atoms with Crippen LogP contribution in [0, 0.1) is 0 Å². The molecule has 3 heteroatoms. The summed E-state index contributed by atoms with van der Waals surface area (Å²) in [5, 5.41) is 3.04. The fourth-order valence-electron chi connectivity index (χ4n) is 3.02. The van der Waals surface area contributed by atoms with E-state index in [9.17, 15) is 4.79 Å². The van der Waals surface area contributed by atoms with Crippen LogP contribution in [0.1, 0.15) is 25.7 Å². The molecule has 1 N–H and O–H groups in total. The molecule has 1 aliphatic carbocycles. The molecule has 1 heterocycles. The summed E-state index contributed by atoms with van der Waals surface area (Å²) in [5.41, 5.74) is 1.80. The van der Waals surface area contributed by atoms with Gasteiger partial charge >= 0.3 is 0 Å². The molecule has 1 saturated carbocycles. The van der Waals surface area contributed by atoms with Gasteiger partial charge in [-0.3, -0.25) is 4.79 Å². The van der Waals surface area contributed by atoms with Crippen molar-refractivity contribution in [2.75, 3.05) is 17.3 Å². The van der Waals surface area contributed by atoms with Crippen molar-refractivity contribution in [1.82, 2.24) is 0 Å². The van der Waals surface area contributed by atoms with Crippen LogP contribution < -0.4 is 10.2 Å². The SMILES string of the molecule is CN1c2ccccc2NC(=O)C12CCCC2. The Kier molecular flexibility index (Phi) is 1.96. The van der Waals surface area contributed by atoms with E-state index in [4.69, 9.17) is 0 Å². The minimum Gasteiger partial charge on any atom is -0.359 e.